The van der Waals surface area contributed by atoms with Crippen LogP contribution in [0.2, 0.25) is 0 Å². The molecule has 1 aliphatic heterocycles. The molecule has 1 aliphatic rings. The van der Waals surface area contributed by atoms with Gasteiger partial charge in [-0.3, -0.25) is 0 Å². The highest BCUT2D eigenvalue weighted by Crippen LogP contribution is 2.16. The molecular formula is C11H19N5. The highest BCUT2D eigenvalue weighted by Gasteiger charge is 2.15. The molecule has 0 saturated carbocycles. The van der Waals surface area contributed by atoms with Crippen LogP contribution in [0.1, 0.15) is 17.7 Å². The van der Waals surface area contributed by atoms with E-state index >= 15 is 0 Å². The highest BCUT2D eigenvalue weighted by molar-refractivity contribution is 5.30. The number of nitrogens with one attached hydrogen (secondary N) is 1. The summed E-state index contributed by atoms with van der Waals surface area (Å²) in [6.45, 7) is 3.57. The van der Waals surface area contributed by atoms with Gasteiger partial charge in [-0.05, 0) is 20.0 Å². The third-order valence-electron chi connectivity index (χ3n) is 2.79. The second-order valence-corrected chi connectivity index (χ2v) is 4.22. The minimum absolute atomic E-state index is 0.697. The zero-order valence-electron chi connectivity index (χ0n) is 9.74. The monoisotopic (exact) mass is 221 g/mol. The SMILES string of the molecule is CN1CCc2nc(NCCCN)ncc2C1. The summed E-state index contributed by atoms with van der Waals surface area (Å²) in [6, 6.07) is 0. The summed E-state index contributed by atoms with van der Waals surface area (Å²) in [6.07, 6.45) is 3.89. The predicted molar refractivity (Wildman–Crippen MR) is 64.2 cm³/mol. The van der Waals surface area contributed by atoms with Crippen LogP contribution >= 0.6 is 0 Å². The van der Waals surface area contributed by atoms with Crippen molar-refractivity contribution in [2.45, 2.75) is 19.4 Å². The molecule has 0 aromatic carbocycles. The van der Waals surface area contributed by atoms with Crippen molar-refractivity contribution < 1.29 is 0 Å². The number of hydrogen-bond acceptors (Lipinski definition) is 5. The summed E-state index contributed by atoms with van der Waals surface area (Å²) in [5, 5.41) is 3.19. The summed E-state index contributed by atoms with van der Waals surface area (Å²) >= 11 is 0. The smallest absolute Gasteiger partial charge is 0.222 e. The number of rotatable bonds is 4. The van der Waals surface area contributed by atoms with Crippen molar-refractivity contribution in [3.63, 3.8) is 0 Å². The number of likely N-dealkylation sites (N-methyl/N-ethyl adjacent to an activating group) is 1. The zero-order valence-corrected chi connectivity index (χ0v) is 9.74. The third kappa shape index (κ3) is 2.68. The lowest BCUT2D eigenvalue weighted by atomic mass is 10.1. The average Bonchev–Trinajstić information content (AvgIpc) is 2.29. The van der Waals surface area contributed by atoms with Crippen LogP contribution in [-0.2, 0) is 13.0 Å². The van der Waals surface area contributed by atoms with Gasteiger partial charge >= 0.3 is 0 Å². The van der Waals surface area contributed by atoms with Crippen LogP contribution in [0, 0.1) is 0 Å². The first-order chi connectivity index (χ1) is 7.79. The Morgan fingerprint density at radius 3 is 3.25 bits per heavy atom. The number of fused-ring (bicyclic) bond motifs is 1. The molecule has 3 N–H and O–H groups in total. The molecule has 0 spiro atoms. The van der Waals surface area contributed by atoms with Crippen LogP contribution in [0.15, 0.2) is 6.20 Å². The molecule has 88 valence electrons. The molecule has 1 aromatic heterocycles. The summed E-state index contributed by atoms with van der Waals surface area (Å²) < 4.78 is 0. The molecule has 16 heavy (non-hydrogen) atoms. The molecule has 0 saturated heterocycles. The second-order valence-electron chi connectivity index (χ2n) is 4.22. The molecule has 0 unspecified atom stereocenters. The van der Waals surface area contributed by atoms with Gasteiger partial charge in [0.1, 0.15) is 0 Å². The fourth-order valence-corrected chi connectivity index (χ4v) is 1.84. The maximum Gasteiger partial charge on any atom is 0.222 e. The summed E-state index contributed by atoms with van der Waals surface area (Å²) in [5.41, 5.74) is 7.86. The Hall–Kier alpha value is -1.20. The first-order valence-corrected chi connectivity index (χ1v) is 5.77. The van der Waals surface area contributed by atoms with Crippen LogP contribution < -0.4 is 11.1 Å². The van der Waals surface area contributed by atoms with E-state index < -0.39 is 0 Å². The molecule has 0 fully saturated rings. The number of nitrogens with zero attached hydrogens (tertiary/aromatic N) is 3. The fourth-order valence-electron chi connectivity index (χ4n) is 1.84. The van der Waals surface area contributed by atoms with E-state index in [1.807, 2.05) is 6.20 Å². The van der Waals surface area contributed by atoms with E-state index in [2.05, 4.69) is 27.2 Å². The first-order valence-electron chi connectivity index (χ1n) is 5.77. The van der Waals surface area contributed by atoms with Gasteiger partial charge in [0.25, 0.3) is 0 Å². The summed E-state index contributed by atoms with van der Waals surface area (Å²) in [4.78, 5) is 11.1. The molecule has 2 rings (SSSR count). The van der Waals surface area contributed by atoms with Crippen molar-refractivity contribution in [1.29, 1.82) is 0 Å². The number of hydrogen-bond donors (Lipinski definition) is 2. The normalized spacial score (nSPS) is 15.9. The van der Waals surface area contributed by atoms with E-state index in [-0.39, 0.29) is 0 Å². The first kappa shape index (κ1) is 11.3. The Labute approximate surface area is 96.1 Å². The minimum Gasteiger partial charge on any atom is -0.354 e. The molecule has 0 radical (unpaired) electrons. The predicted octanol–water partition coefficient (Wildman–Crippen LogP) is 0.225. The molecule has 0 bridgehead atoms. The van der Waals surface area contributed by atoms with Crippen molar-refractivity contribution in [1.82, 2.24) is 14.9 Å². The molecule has 2 heterocycles. The zero-order chi connectivity index (χ0) is 11.4. The van der Waals surface area contributed by atoms with Crippen LogP contribution in [0.3, 0.4) is 0 Å². The maximum atomic E-state index is 5.43. The van der Waals surface area contributed by atoms with Crippen LogP contribution in [0.4, 0.5) is 5.95 Å². The molecule has 0 amide bonds. The lowest BCUT2D eigenvalue weighted by Crippen LogP contribution is -2.27. The maximum absolute atomic E-state index is 5.43. The van der Waals surface area contributed by atoms with E-state index in [0.29, 0.717) is 6.54 Å². The summed E-state index contributed by atoms with van der Waals surface area (Å²) in [5.74, 6) is 0.733. The van der Waals surface area contributed by atoms with Gasteiger partial charge < -0.3 is 16.0 Å². The standard InChI is InChI=1S/C11H19N5/c1-16-6-3-10-9(8-16)7-14-11(15-10)13-5-2-4-12/h7H,2-6,8,12H2,1H3,(H,13,14,15). The number of aromatic nitrogens is 2. The van der Waals surface area contributed by atoms with Crippen LogP contribution in [0.25, 0.3) is 0 Å². The largest absolute Gasteiger partial charge is 0.354 e. The van der Waals surface area contributed by atoms with Crippen molar-refractivity contribution in [3.05, 3.63) is 17.5 Å². The average molecular weight is 221 g/mol. The Balaban J connectivity index is 2.02. The lowest BCUT2D eigenvalue weighted by Gasteiger charge is -2.23. The lowest BCUT2D eigenvalue weighted by molar-refractivity contribution is 0.309. The van der Waals surface area contributed by atoms with Gasteiger partial charge in [-0.25, -0.2) is 9.97 Å². The van der Waals surface area contributed by atoms with Gasteiger partial charge in [0.2, 0.25) is 5.95 Å². The summed E-state index contributed by atoms with van der Waals surface area (Å²) in [7, 11) is 2.12. The molecule has 1 aromatic rings. The molecule has 0 aliphatic carbocycles. The number of nitrogens with two attached hydrogens (primary N) is 1. The van der Waals surface area contributed by atoms with E-state index in [1.165, 1.54) is 11.3 Å². The fraction of sp³-hybridized carbons (Fsp3) is 0.636. The quantitative estimate of drug-likeness (QED) is 0.712. The van der Waals surface area contributed by atoms with Crippen molar-refractivity contribution in [2.75, 3.05) is 32.0 Å². The van der Waals surface area contributed by atoms with Gasteiger partial charge in [0, 0.05) is 37.8 Å². The van der Waals surface area contributed by atoms with Gasteiger partial charge in [-0.1, -0.05) is 0 Å². The number of anilines is 1. The van der Waals surface area contributed by atoms with Crippen molar-refractivity contribution in [2.24, 2.45) is 5.73 Å². The van der Waals surface area contributed by atoms with Gasteiger partial charge in [-0.15, -0.1) is 0 Å². The Morgan fingerprint density at radius 1 is 1.56 bits per heavy atom. The van der Waals surface area contributed by atoms with Crippen molar-refractivity contribution in [3.8, 4) is 0 Å². The Kier molecular flexibility index (Phi) is 3.69. The molecule has 0 atom stereocenters. The van der Waals surface area contributed by atoms with Crippen LogP contribution in [-0.4, -0.2) is 41.5 Å². The minimum atomic E-state index is 0.697. The highest BCUT2D eigenvalue weighted by atomic mass is 15.1. The van der Waals surface area contributed by atoms with Crippen molar-refractivity contribution >= 4 is 5.95 Å². The van der Waals surface area contributed by atoms with E-state index in [9.17, 15) is 0 Å². The van der Waals surface area contributed by atoms with Crippen LogP contribution in [0.5, 0.6) is 0 Å². The van der Waals surface area contributed by atoms with Gasteiger partial charge in [0.05, 0.1) is 5.69 Å². The van der Waals surface area contributed by atoms with Gasteiger partial charge in [0.15, 0.2) is 0 Å². The third-order valence-corrected chi connectivity index (χ3v) is 2.79. The molecule has 5 nitrogen and oxygen atoms in total. The Bertz CT molecular complexity index is 352. The molecular weight excluding hydrogens is 202 g/mol. The van der Waals surface area contributed by atoms with E-state index in [0.717, 1.165) is 38.4 Å². The Morgan fingerprint density at radius 2 is 2.44 bits per heavy atom. The molecule has 5 heteroatoms. The van der Waals surface area contributed by atoms with E-state index in [1.54, 1.807) is 0 Å². The topological polar surface area (TPSA) is 67.1 Å². The van der Waals surface area contributed by atoms with E-state index in [4.69, 9.17) is 5.73 Å². The second kappa shape index (κ2) is 5.23. The van der Waals surface area contributed by atoms with Gasteiger partial charge in [-0.2, -0.15) is 0 Å².